The number of carbonyl (C=O) groups is 3. The number of nitrogens with one attached hydrogen (secondary N) is 2. The third kappa shape index (κ3) is 5.46. The minimum Gasteiger partial charge on any atom is -0.494 e. The predicted molar refractivity (Wildman–Crippen MR) is 91.6 cm³/mol. The number of primary amides is 1. The van der Waals surface area contributed by atoms with Gasteiger partial charge in [-0.05, 0) is 13.0 Å². The first-order valence-electron chi connectivity index (χ1n) is 8.28. The van der Waals surface area contributed by atoms with Crippen molar-refractivity contribution in [2.75, 3.05) is 26.2 Å². The number of piperazine rings is 1. The lowest BCUT2D eigenvalue weighted by Gasteiger charge is -2.35. The summed E-state index contributed by atoms with van der Waals surface area (Å²) in [6, 6.07) is 7.04. The van der Waals surface area contributed by atoms with Gasteiger partial charge in [0.25, 0.3) is 0 Å². The first-order valence-corrected chi connectivity index (χ1v) is 8.28. The molecule has 1 fully saturated rings. The van der Waals surface area contributed by atoms with Gasteiger partial charge in [-0.3, -0.25) is 19.3 Å². The van der Waals surface area contributed by atoms with E-state index >= 15 is 0 Å². The molecule has 0 bridgehead atoms. The van der Waals surface area contributed by atoms with Gasteiger partial charge in [-0.1, -0.05) is 18.2 Å². The Morgan fingerprint density at radius 3 is 2.88 bits per heavy atom. The molecular weight excluding hydrogens is 324 g/mol. The average Bonchev–Trinajstić information content (AvgIpc) is 2.58. The zero-order valence-electron chi connectivity index (χ0n) is 14.3. The Morgan fingerprint density at radius 2 is 2.16 bits per heavy atom. The lowest BCUT2D eigenvalue weighted by molar-refractivity contribution is -0.134. The number of ether oxygens (including phenoxy) is 1. The molecule has 25 heavy (non-hydrogen) atoms. The molecule has 1 aromatic rings. The fourth-order valence-electron chi connectivity index (χ4n) is 2.76. The van der Waals surface area contributed by atoms with Crippen LogP contribution in [0, 0.1) is 0 Å². The molecule has 0 saturated carbocycles. The molecule has 136 valence electrons. The molecule has 1 heterocycles. The molecule has 8 nitrogen and oxygen atoms in total. The number of carbonyl (C=O) groups excluding carboxylic acids is 3. The molecule has 0 radical (unpaired) electrons. The number of nitrogens with zero attached hydrogens (tertiary/aromatic N) is 1. The molecule has 0 aliphatic carbocycles. The normalized spacial score (nSPS) is 17.6. The highest BCUT2D eigenvalue weighted by atomic mass is 16.5. The Hall–Kier alpha value is -2.61. The van der Waals surface area contributed by atoms with Crippen molar-refractivity contribution < 1.29 is 19.1 Å². The fraction of sp³-hybridized carbons (Fsp3) is 0.471. The second-order valence-electron chi connectivity index (χ2n) is 5.77. The maximum absolute atomic E-state index is 12.2. The van der Waals surface area contributed by atoms with Crippen LogP contribution in [0.15, 0.2) is 24.3 Å². The summed E-state index contributed by atoms with van der Waals surface area (Å²) >= 11 is 0. The molecule has 1 atom stereocenters. The number of hydrogen-bond donors (Lipinski definition) is 3. The van der Waals surface area contributed by atoms with Crippen LogP contribution < -0.4 is 21.1 Å². The SMILES string of the molecule is CCOc1ccccc1CN1CCNC(=O)[C@H]1CC(=O)NCC(N)=O. The highest BCUT2D eigenvalue weighted by Crippen LogP contribution is 2.22. The number of para-hydroxylation sites is 1. The molecule has 2 rings (SSSR count). The van der Waals surface area contributed by atoms with Crippen LogP contribution in [-0.2, 0) is 20.9 Å². The second kappa shape index (κ2) is 9.03. The van der Waals surface area contributed by atoms with Crippen molar-refractivity contribution in [3.63, 3.8) is 0 Å². The highest BCUT2D eigenvalue weighted by Gasteiger charge is 2.32. The summed E-state index contributed by atoms with van der Waals surface area (Å²) in [5, 5.41) is 5.20. The van der Waals surface area contributed by atoms with E-state index in [0.717, 1.165) is 11.3 Å². The lowest BCUT2D eigenvalue weighted by Crippen LogP contribution is -2.56. The standard InChI is InChI=1S/C17H24N4O4/c1-2-25-14-6-4-3-5-12(14)11-21-8-7-19-17(24)13(21)9-16(23)20-10-15(18)22/h3-6,13H,2,7-11H2,1H3,(H2,18,22)(H,19,24)(H,20,23)/t13-/m1/s1. The molecule has 3 amide bonds. The largest absolute Gasteiger partial charge is 0.494 e. The van der Waals surface area contributed by atoms with Crippen LogP contribution in [-0.4, -0.2) is 54.9 Å². The molecule has 8 heteroatoms. The van der Waals surface area contributed by atoms with Gasteiger partial charge < -0.3 is 21.1 Å². The number of amides is 3. The van der Waals surface area contributed by atoms with E-state index in [2.05, 4.69) is 10.6 Å². The summed E-state index contributed by atoms with van der Waals surface area (Å²) in [6.45, 7) is 3.88. The number of nitrogens with two attached hydrogens (primary N) is 1. The van der Waals surface area contributed by atoms with Crippen LogP contribution in [0.4, 0.5) is 0 Å². The van der Waals surface area contributed by atoms with E-state index in [1.54, 1.807) is 0 Å². The molecule has 0 unspecified atom stereocenters. The maximum atomic E-state index is 12.2. The van der Waals surface area contributed by atoms with Crippen LogP contribution in [0.25, 0.3) is 0 Å². The van der Waals surface area contributed by atoms with Crippen molar-refractivity contribution >= 4 is 17.7 Å². The molecule has 0 spiro atoms. The van der Waals surface area contributed by atoms with Gasteiger partial charge in [0.1, 0.15) is 5.75 Å². The number of hydrogen-bond acceptors (Lipinski definition) is 5. The average molecular weight is 348 g/mol. The van der Waals surface area contributed by atoms with Crippen LogP contribution in [0.2, 0.25) is 0 Å². The Labute approximate surface area is 146 Å². The molecule has 4 N–H and O–H groups in total. The van der Waals surface area contributed by atoms with Crippen molar-refractivity contribution in [1.82, 2.24) is 15.5 Å². The quantitative estimate of drug-likeness (QED) is 0.579. The first kappa shape index (κ1) is 18.7. The summed E-state index contributed by atoms with van der Waals surface area (Å²) in [5.74, 6) is -0.435. The summed E-state index contributed by atoms with van der Waals surface area (Å²) < 4.78 is 5.63. The first-order chi connectivity index (χ1) is 12.0. The van der Waals surface area contributed by atoms with E-state index < -0.39 is 11.9 Å². The van der Waals surface area contributed by atoms with Crippen LogP contribution in [0.3, 0.4) is 0 Å². The van der Waals surface area contributed by atoms with E-state index in [9.17, 15) is 14.4 Å². The highest BCUT2D eigenvalue weighted by molar-refractivity contribution is 5.90. The van der Waals surface area contributed by atoms with E-state index in [0.29, 0.717) is 26.2 Å². The Kier molecular flexibility index (Phi) is 6.76. The lowest BCUT2D eigenvalue weighted by atomic mass is 10.1. The Balaban J connectivity index is 2.07. The Bertz CT molecular complexity index is 635. The fourth-order valence-corrected chi connectivity index (χ4v) is 2.76. The zero-order chi connectivity index (χ0) is 18.2. The Morgan fingerprint density at radius 1 is 1.40 bits per heavy atom. The van der Waals surface area contributed by atoms with Gasteiger partial charge in [-0.15, -0.1) is 0 Å². The maximum Gasteiger partial charge on any atom is 0.237 e. The smallest absolute Gasteiger partial charge is 0.237 e. The van der Waals surface area contributed by atoms with Gasteiger partial charge in [0, 0.05) is 25.2 Å². The van der Waals surface area contributed by atoms with E-state index in [-0.39, 0.29) is 24.8 Å². The topological polar surface area (TPSA) is 114 Å². The summed E-state index contributed by atoms with van der Waals surface area (Å²) in [4.78, 5) is 36.9. The van der Waals surface area contributed by atoms with Crippen LogP contribution in [0.1, 0.15) is 18.9 Å². The van der Waals surface area contributed by atoms with E-state index in [4.69, 9.17) is 10.5 Å². The van der Waals surface area contributed by atoms with E-state index in [1.165, 1.54) is 0 Å². The molecule has 1 saturated heterocycles. The molecule has 1 aromatic carbocycles. The number of rotatable bonds is 8. The van der Waals surface area contributed by atoms with Gasteiger partial charge >= 0.3 is 0 Å². The minimum atomic E-state index is -0.621. The second-order valence-corrected chi connectivity index (χ2v) is 5.77. The van der Waals surface area contributed by atoms with Gasteiger partial charge in [-0.25, -0.2) is 0 Å². The summed E-state index contributed by atoms with van der Waals surface area (Å²) in [5.41, 5.74) is 5.98. The van der Waals surface area contributed by atoms with Crippen molar-refractivity contribution in [3.05, 3.63) is 29.8 Å². The van der Waals surface area contributed by atoms with E-state index in [1.807, 2.05) is 36.1 Å². The molecule has 1 aliphatic heterocycles. The summed E-state index contributed by atoms with van der Waals surface area (Å²) in [6.07, 6.45) is -0.0318. The summed E-state index contributed by atoms with van der Waals surface area (Å²) in [7, 11) is 0. The van der Waals surface area contributed by atoms with Crippen molar-refractivity contribution in [3.8, 4) is 5.75 Å². The third-order valence-electron chi connectivity index (χ3n) is 3.93. The van der Waals surface area contributed by atoms with Gasteiger partial charge in [0.05, 0.1) is 25.6 Å². The molecular formula is C17H24N4O4. The molecule has 0 aromatic heterocycles. The van der Waals surface area contributed by atoms with Crippen molar-refractivity contribution in [1.29, 1.82) is 0 Å². The molecule has 1 aliphatic rings. The van der Waals surface area contributed by atoms with Crippen LogP contribution >= 0.6 is 0 Å². The van der Waals surface area contributed by atoms with Crippen molar-refractivity contribution in [2.24, 2.45) is 5.73 Å². The minimum absolute atomic E-state index is 0.0318. The van der Waals surface area contributed by atoms with Gasteiger partial charge in [0.15, 0.2) is 0 Å². The van der Waals surface area contributed by atoms with Gasteiger partial charge in [0.2, 0.25) is 17.7 Å². The monoisotopic (exact) mass is 348 g/mol. The van der Waals surface area contributed by atoms with Crippen LogP contribution in [0.5, 0.6) is 5.75 Å². The third-order valence-corrected chi connectivity index (χ3v) is 3.93. The van der Waals surface area contributed by atoms with Gasteiger partial charge in [-0.2, -0.15) is 0 Å². The predicted octanol–water partition coefficient (Wildman–Crippen LogP) is -0.623. The zero-order valence-corrected chi connectivity index (χ0v) is 14.3. The van der Waals surface area contributed by atoms with Crippen molar-refractivity contribution in [2.45, 2.75) is 25.9 Å². The number of benzene rings is 1.